The predicted molar refractivity (Wildman–Crippen MR) is 78.5 cm³/mol. The first-order valence-electron chi connectivity index (χ1n) is 6.93. The van der Waals surface area contributed by atoms with Crippen molar-refractivity contribution < 1.29 is 13.2 Å². The highest BCUT2D eigenvalue weighted by atomic mass is 19.4. The lowest BCUT2D eigenvalue weighted by Crippen LogP contribution is -2.05. The van der Waals surface area contributed by atoms with Crippen molar-refractivity contribution in [3.8, 4) is 11.4 Å². The maximum Gasteiger partial charge on any atom is 0.416 e. The Hall–Kier alpha value is -2.70. The summed E-state index contributed by atoms with van der Waals surface area (Å²) in [5.74, 6) is 0.170. The highest BCUT2D eigenvalue weighted by Gasteiger charge is 2.30. The second-order valence-electron chi connectivity index (χ2n) is 5.21. The third kappa shape index (κ3) is 3.56. The minimum atomic E-state index is -4.40. The number of halogens is 3. The number of rotatable bonds is 3. The topological polar surface area (TPSA) is 43.6 Å². The lowest BCUT2D eigenvalue weighted by atomic mass is 10.1. The summed E-state index contributed by atoms with van der Waals surface area (Å²) in [7, 11) is 0. The zero-order valence-corrected chi connectivity index (χ0v) is 12.2. The maximum atomic E-state index is 12.8. The van der Waals surface area contributed by atoms with Crippen LogP contribution >= 0.6 is 0 Å². The third-order valence-corrected chi connectivity index (χ3v) is 3.31. The van der Waals surface area contributed by atoms with Crippen molar-refractivity contribution in [3.05, 3.63) is 65.2 Å². The molecule has 0 fully saturated rings. The minimum absolute atomic E-state index is 0.170. The van der Waals surface area contributed by atoms with Crippen LogP contribution in [-0.2, 0) is 12.7 Å². The predicted octanol–water partition coefficient (Wildman–Crippen LogP) is 3.72. The molecule has 0 saturated heterocycles. The highest BCUT2D eigenvalue weighted by Crippen LogP contribution is 2.31. The molecule has 0 spiro atoms. The van der Waals surface area contributed by atoms with Crippen molar-refractivity contribution in [2.45, 2.75) is 19.6 Å². The van der Waals surface area contributed by atoms with Gasteiger partial charge in [-0.05, 0) is 29.8 Å². The van der Waals surface area contributed by atoms with E-state index in [1.807, 2.05) is 31.2 Å². The van der Waals surface area contributed by atoms with E-state index in [0.717, 1.165) is 23.3 Å². The second-order valence-corrected chi connectivity index (χ2v) is 5.21. The van der Waals surface area contributed by atoms with Crippen LogP contribution in [0.25, 0.3) is 11.4 Å². The van der Waals surface area contributed by atoms with Gasteiger partial charge < -0.3 is 0 Å². The zero-order chi connectivity index (χ0) is 16.4. The number of tetrazole rings is 1. The Balaban J connectivity index is 1.85. The molecule has 7 heteroatoms. The van der Waals surface area contributed by atoms with E-state index in [-0.39, 0.29) is 11.4 Å². The van der Waals surface area contributed by atoms with Crippen LogP contribution in [0.2, 0.25) is 0 Å². The number of hydrogen-bond acceptors (Lipinski definition) is 3. The number of aromatic nitrogens is 4. The summed E-state index contributed by atoms with van der Waals surface area (Å²) in [6.07, 6.45) is -4.40. The van der Waals surface area contributed by atoms with E-state index in [2.05, 4.69) is 15.4 Å². The molecule has 0 N–H and O–H groups in total. The number of aryl methyl sites for hydroxylation is 1. The third-order valence-electron chi connectivity index (χ3n) is 3.31. The molecule has 0 amide bonds. The Morgan fingerprint density at radius 1 is 1.04 bits per heavy atom. The second kappa shape index (κ2) is 5.83. The summed E-state index contributed by atoms with van der Waals surface area (Å²) in [5.41, 5.74) is 1.67. The van der Waals surface area contributed by atoms with Gasteiger partial charge in [-0.25, -0.2) is 0 Å². The van der Waals surface area contributed by atoms with Crippen molar-refractivity contribution in [1.29, 1.82) is 0 Å². The van der Waals surface area contributed by atoms with Gasteiger partial charge in [0.15, 0.2) is 0 Å². The molecule has 23 heavy (non-hydrogen) atoms. The largest absolute Gasteiger partial charge is 0.416 e. The summed E-state index contributed by atoms with van der Waals surface area (Å²) in [5, 5.41) is 11.9. The van der Waals surface area contributed by atoms with Crippen molar-refractivity contribution in [2.75, 3.05) is 0 Å². The van der Waals surface area contributed by atoms with Crippen LogP contribution in [-0.4, -0.2) is 20.2 Å². The van der Waals surface area contributed by atoms with Crippen LogP contribution in [0.4, 0.5) is 13.2 Å². The van der Waals surface area contributed by atoms with Crippen molar-refractivity contribution in [3.63, 3.8) is 0 Å². The van der Waals surface area contributed by atoms with Gasteiger partial charge in [0.1, 0.15) is 0 Å². The lowest BCUT2D eigenvalue weighted by molar-refractivity contribution is -0.137. The van der Waals surface area contributed by atoms with Gasteiger partial charge in [-0.15, -0.1) is 10.2 Å². The Kier molecular flexibility index (Phi) is 3.85. The van der Waals surface area contributed by atoms with Crippen LogP contribution in [0.1, 0.15) is 16.7 Å². The highest BCUT2D eigenvalue weighted by molar-refractivity contribution is 5.55. The number of alkyl halides is 3. The summed E-state index contributed by atoms with van der Waals surface area (Å²) < 4.78 is 38.3. The molecule has 4 nitrogen and oxygen atoms in total. The van der Waals surface area contributed by atoms with Crippen molar-refractivity contribution in [1.82, 2.24) is 20.2 Å². The lowest BCUT2D eigenvalue weighted by Gasteiger charge is -2.06. The standard InChI is InChI=1S/C16H13F3N4/c1-11-4-2-5-12(8-11)10-23-21-15(20-22-23)13-6-3-7-14(9-13)16(17,18)19/h2-9H,10H2,1H3. The summed E-state index contributed by atoms with van der Waals surface area (Å²) in [4.78, 5) is 1.37. The molecule has 0 aliphatic carbocycles. The van der Waals surface area contributed by atoms with Crippen LogP contribution in [0.5, 0.6) is 0 Å². The average molecular weight is 318 g/mol. The first-order valence-corrected chi connectivity index (χ1v) is 6.93. The summed E-state index contributed by atoms with van der Waals surface area (Å²) in [6.45, 7) is 2.39. The van der Waals surface area contributed by atoms with Crippen LogP contribution < -0.4 is 0 Å². The molecular weight excluding hydrogens is 305 g/mol. The van der Waals surface area contributed by atoms with Gasteiger partial charge in [0.25, 0.3) is 0 Å². The van der Waals surface area contributed by atoms with E-state index in [1.165, 1.54) is 16.9 Å². The molecule has 0 bridgehead atoms. The van der Waals surface area contributed by atoms with Gasteiger partial charge in [0.2, 0.25) is 5.82 Å². The molecule has 0 radical (unpaired) electrons. The smallest absolute Gasteiger partial charge is 0.166 e. The molecule has 2 aromatic carbocycles. The quantitative estimate of drug-likeness (QED) is 0.739. The van der Waals surface area contributed by atoms with E-state index in [4.69, 9.17) is 0 Å². The Morgan fingerprint density at radius 3 is 2.57 bits per heavy atom. The van der Waals surface area contributed by atoms with Gasteiger partial charge in [0, 0.05) is 5.56 Å². The monoisotopic (exact) mass is 318 g/mol. The molecule has 1 heterocycles. The molecule has 0 atom stereocenters. The minimum Gasteiger partial charge on any atom is -0.166 e. The fourth-order valence-electron chi connectivity index (χ4n) is 2.23. The normalized spacial score (nSPS) is 11.7. The van der Waals surface area contributed by atoms with Crippen molar-refractivity contribution >= 4 is 0 Å². The van der Waals surface area contributed by atoms with Gasteiger partial charge in [-0.1, -0.05) is 42.0 Å². The first-order chi connectivity index (χ1) is 10.9. The molecule has 0 saturated carbocycles. The molecule has 0 aliphatic rings. The fraction of sp³-hybridized carbons (Fsp3) is 0.188. The van der Waals surface area contributed by atoms with Gasteiger partial charge in [-0.2, -0.15) is 18.0 Å². The van der Waals surface area contributed by atoms with E-state index in [9.17, 15) is 13.2 Å². The maximum absolute atomic E-state index is 12.8. The molecule has 0 unspecified atom stereocenters. The van der Waals surface area contributed by atoms with Crippen LogP contribution in [0.15, 0.2) is 48.5 Å². The van der Waals surface area contributed by atoms with E-state index < -0.39 is 11.7 Å². The average Bonchev–Trinajstić information content (AvgIpc) is 2.95. The Bertz CT molecular complexity index is 824. The molecule has 3 aromatic rings. The molecular formula is C16H13F3N4. The number of nitrogens with zero attached hydrogens (tertiary/aromatic N) is 4. The zero-order valence-electron chi connectivity index (χ0n) is 12.2. The number of benzene rings is 2. The Labute approximate surface area is 130 Å². The van der Waals surface area contributed by atoms with Crippen LogP contribution in [0, 0.1) is 6.92 Å². The van der Waals surface area contributed by atoms with Gasteiger partial charge in [0.05, 0.1) is 12.1 Å². The molecule has 1 aromatic heterocycles. The molecule has 0 aliphatic heterocycles. The van der Waals surface area contributed by atoms with Crippen molar-refractivity contribution in [2.24, 2.45) is 0 Å². The van der Waals surface area contributed by atoms with E-state index in [0.29, 0.717) is 6.54 Å². The first kappa shape index (κ1) is 15.2. The molecule has 3 rings (SSSR count). The molecule has 118 valence electrons. The van der Waals surface area contributed by atoms with Gasteiger partial charge in [-0.3, -0.25) is 0 Å². The number of hydrogen-bond donors (Lipinski definition) is 0. The summed E-state index contributed by atoms with van der Waals surface area (Å²) in [6, 6.07) is 12.7. The van der Waals surface area contributed by atoms with Crippen LogP contribution in [0.3, 0.4) is 0 Å². The SMILES string of the molecule is Cc1cccc(Cn2nnc(-c3cccc(C(F)(F)F)c3)n2)c1. The Morgan fingerprint density at radius 2 is 1.83 bits per heavy atom. The van der Waals surface area contributed by atoms with Gasteiger partial charge >= 0.3 is 6.18 Å². The fourth-order valence-corrected chi connectivity index (χ4v) is 2.23. The van der Waals surface area contributed by atoms with E-state index in [1.54, 1.807) is 0 Å². The summed E-state index contributed by atoms with van der Waals surface area (Å²) >= 11 is 0. The van der Waals surface area contributed by atoms with E-state index >= 15 is 0 Å².